The summed E-state index contributed by atoms with van der Waals surface area (Å²) in [5.74, 6) is -4.01. The fourth-order valence-corrected chi connectivity index (χ4v) is 2.22. The number of rotatable bonds is 2. The van der Waals surface area contributed by atoms with Gasteiger partial charge < -0.3 is 4.74 Å². The van der Waals surface area contributed by atoms with E-state index in [-0.39, 0.29) is 22.4 Å². The Kier molecular flexibility index (Phi) is 3.36. The van der Waals surface area contributed by atoms with Crippen LogP contribution in [-0.2, 0) is 4.74 Å². The van der Waals surface area contributed by atoms with Crippen LogP contribution in [0.2, 0.25) is 0 Å². The minimum atomic E-state index is -0.989. The van der Waals surface area contributed by atoms with Crippen LogP contribution < -0.4 is 0 Å². The van der Waals surface area contributed by atoms with Crippen molar-refractivity contribution in [1.29, 1.82) is 0 Å². The largest absolute Gasteiger partial charge is 0.422 e. The van der Waals surface area contributed by atoms with Crippen LogP contribution in [0, 0.1) is 27.6 Å². The second-order valence-electron chi connectivity index (χ2n) is 4.67. The van der Waals surface area contributed by atoms with Crippen molar-refractivity contribution < 1.29 is 27.6 Å². The van der Waals surface area contributed by atoms with E-state index in [9.17, 15) is 28.1 Å². The molecule has 116 valence electrons. The molecule has 0 bridgehead atoms. The van der Waals surface area contributed by atoms with Gasteiger partial charge in [0.15, 0.2) is 0 Å². The highest BCUT2D eigenvalue weighted by atomic mass is 19.1. The molecule has 2 aromatic carbocycles. The third-order valence-electron chi connectivity index (χ3n) is 3.20. The minimum absolute atomic E-state index is 0.138. The molecule has 0 saturated heterocycles. The molecule has 8 heteroatoms. The van der Waals surface area contributed by atoms with Gasteiger partial charge in [-0.05, 0) is 24.3 Å². The predicted octanol–water partition coefficient (Wildman–Crippen LogP) is 3.68. The first kappa shape index (κ1) is 14.8. The van der Waals surface area contributed by atoms with Gasteiger partial charge in [-0.25, -0.2) is 18.0 Å². The van der Waals surface area contributed by atoms with Crippen molar-refractivity contribution in [3.8, 4) is 0 Å². The highest BCUT2D eigenvalue weighted by molar-refractivity contribution is 6.07. The molecule has 0 saturated carbocycles. The van der Waals surface area contributed by atoms with Crippen LogP contribution in [0.4, 0.5) is 18.9 Å². The van der Waals surface area contributed by atoms with Gasteiger partial charge in [0, 0.05) is 11.6 Å². The zero-order valence-electron chi connectivity index (χ0n) is 11.2. The van der Waals surface area contributed by atoms with Gasteiger partial charge in [-0.15, -0.1) is 0 Å². The third-order valence-corrected chi connectivity index (χ3v) is 3.20. The summed E-state index contributed by atoms with van der Waals surface area (Å²) < 4.78 is 44.8. The van der Waals surface area contributed by atoms with Crippen LogP contribution in [0.5, 0.6) is 0 Å². The van der Waals surface area contributed by atoms with Crippen LogP contribution in [0.25, 0.3) is 11.8 Å². The van der Waals surface area contributed by atoms with Gasteiger partial charge in [-0.1, -0.05) is 0 Å². The van der Waals surface area contributed by atoms with Crippen molar-refractivity contribution in [2.75, 3.05) is 0 Å². The van der Waals surface area contributed by atoms with Crippen LogP contribution in [0.3, 0.4) is 0 Å². The number of esters is 1. The van der Waals surface area contributed by atoms with Gasteiger partial charge in [0.1, 0.15) is 28.8 Å². The lowest BCUT2D eigenvalue weighted by atomic mass is 10.0. The molecular formula is C15H6F3NO4. The van der Waals surface area contributed by atoms with Crippen LogP contribution >= 0.6 is 0 Å². The number of nitrogens with zero attached hydrogens (tertiary/aromatic N) is 1. The lowest BCUT2D eigenvalue weighted by molar-refractivity contribution is -0.385. The number of cyclic esters (lactones) is 1. The quantitative estimate of drug-likeness (QED) is 0.481. The van der Waals surface area contributed by atoms with E-state index in [0.717, 1.165) is 24.3 Å². The topological polar surface area (TPSA) is 69.4 Å². The Balaban J connectivity index is 2.21. The van der Waals surface area contributed by atoms with Gasteiger partial charge in [0.2, 0.25) is 0 Å². The summed E-state index contributed by atoms with van der Waals surface area (Å²) in [6.45, 7) is 0. The van der Waals surface area contributed by atoms with Crippen LogP contribution in [0.1, 0.15) is 21.5 Å². The van der Waals surface area contributed by atoms with E-state index < -0.39 is 34.0 Å². The fourth-order valence-electron chi connectivity index (χ4n) is 2.22. The van der Waals surface area contributed by atoms with E-state index in [1.165, 1.54) is 0 Å². The summed E-state index contributed by atoms with van der Waals surface area (Å²) in [5.41, 5.74) is -1.39. The summed E-state index contributed by atoms with van der Waals surface area (Å²) in [6.07, 6.45) is 1.02. The fraction of sp³-hybridized carbons (Fsp3) is 0. The van der Waals surface area contributed by atoms with Gasteiger partial charge in [-0.3, -0.25) is 10.1 Å². The molecule has 2 aromatic rings. The maximum Gasteiger partial charge on any atom is 0.344 e. The summed E-state index contributed by atoms with van der Waals surface area (Å²) in [5, 5.41) is 11.1. The molecule has 0 radical (unpaired) electrons. The normalized spacial score (nSPS) is 14.7. The second-order valence-corrected chi connectivity index (χ2v) is 4.67. The Bertz CT molecular complexity index is 893. The van der Waals surface area contributed by atoms with E-state index in [0.29, 0.717) is 12.1 Å². The highest BCUT2D eigenvalue weighted by Crippen LogP contribution is 2.38. The molecule has 0 aromatic heterocycles. The smallest absolute Gasteiger partial charge is 0.344 e. The van der Waals surface area contributed by atoms with E-state index in [4.69, 9.17) is 4.74 Å². The van der Waals surface area contributed by atoms with E-state index >= 15 is 0 Å². The van der Waals surface area contributed by atoms with Gasteiger partial charge in [0.25, 0.3) is 5.69 Å². The Labute approximate surface area is 126 Å². The molecule has 0 N–H and O–H groups in total. The molecule has 1 aliphatic rings. The minimum Gasteiger partial charge on any atom is -0.422 e. The molecule has 0 atom stereocenters. The summed E-state index contributed by atoms with van der Waals surface area (Å²) in [4.78, 5) is 21.9. The van der Waals surface area contributed by atoms with E-state index in [2.05, 4.69) is 0 Å². The molecule has 1 aliphatic heterocycles. The summed E-state index contributed by atoms with van der Waals surface area (Å²) in [7, 11) is 0. The number of nitro groups is 1. The van der Waals surface area contributed by atoms with Crippen molar-refractivity contribution in [2.24, 2.45) is 0 Å². The van der Waals surface area contributed by atoms with Gasteiger partial charge >= 0.3 is 5.97 Å². The van der Waals surface area contributed by atoms with Crippen molar-refractivity contribution in [3.63, 3.8) is 0 Å². The summed E-state index contributed by atoms with van der Waals surface area (Å²) >= 11 is 0. The molecule has 0 amide bonds. The SMILES string of the molecule is O=C1OC(=Cc2ccc(F)cc2F)c2c1cc(F)cc2[N+](=O)[O-]. The number of fused-ring (bicyclic) bond motifs is 1. The molecule has 0 spiro atoms. The Morgan fingerprint density at radius 1 is 1.09 bits per heavy atom. The Hall–Kier alpha value is -3.16. The zero-order chi connectivity index (χ0) is 16.7. The molecule has 3 rings (SSSR count). The van der Waals surface area contributed by atoms with Crippen LogP contribution in [0.15, 0.2) is 30.3 Å². The van der Waals surface area contributed by atoms with Crippen molar-refractivity contribution in [3.05, 3.63) is 74.6 Å². The standard InChI is InChI=1S/C15H6F3NO4/c16-8-2-1-7(11(18)5-8)3-13-14-10(15(20)23-13)4-9(17)6-12(14)19(21)22/h1-6H. The van der Waals surface area contributed by atoms with E-state index in [1.54, 1.807) is 0 Å². The maximum absolute atomic E-state index is 13.7. The van der Waals surface area contributed by atoms with Gasteiger partial charge in [-0.2, -0.15) is 0 Å². The number of carbonyl (C=O) groups is 1. The van der Waals surface area contributed by atoms with Crippen LogP contribution in [-0.4, -0.2) is 10.9 Å². The number of nitro benzene ring substituents is 1. The highest BCUT2D eigenvalue weighted by Gasteiger charge is 2.35. The average molecular weight is 321 g/mol. The first-order valence-corrected chi connectivity index (χ1v) is 6.24. The first-order valence-electron chi connectivity index (χ1n) is 6.24. The van der Waals surface area contributed by atoms with Crippen molar-refractivity contribution >= 4 is 23.5 Å². The lowest BCUT2D eigenvalue weighted by Crippen LogP contribution is -1.98. The number of ether oxygens (including phenoxy) is 1. The second kappa shape index (κ2) is 5.24. The molecule has 0 aliphatic carbocycles. The monoisotopic (exact) mass is 321 g/mol. The first-order chi connectivity index (χ1) is 10.9. The Morgan fingerprint density at radius 2 is 1.83 bits per heavy atom. The summed E-state index contributed by atoms with van der Waals surface area (Å²) in [6, 6.07) is 4.11. The molecule has 0 fully saturated rings. The lowest BCUT2D eigenvalue weighted by Gasteiger charge is -2.02. The average Bonchev–Trinajstić information content (AvgIpc) is 2.77. The van der Waals surface area contributed by atoms with Gasteiger partial charge in [0.05, 0.1) is 16.6 Å². The molecule has 0 unspecified atom stereocenters. The molecule has 5 nitrogen and oxygen atoms in total. The maximum atomic E-state index is 13.7. The molecular weight excluding hydrogens is 315 g/mol. The molecule has 23 heavy (non-hydrogen) atoms. The van der Waals surface area contributed by atoms with Crippen molar-refractivity contribution in [2.45, 2.75) is 0 Å². The number of benzene rings is 2. The zero-order valence-corrected chi connectivity index (χ0v) is 11.2. The third kappa shape index (κ3) is 2.54. The predicted molar refractivity (Wildman–Crippen MR) is 72.7 cm³/mol. The molecule has 1 heterocycles. The van der Waals surface area contributed by atoms with E-state index in [1.807, 2.05) is 0 Å². The van der Waals surface area contributed by atoms with Crippen molar-refractivity contribution in [1.82, 2.24) is 0 Å². The number of hydrogen-bond acceptors (Lipinski definition) is 4. The Morgan fingerprint density at radius 3 is 2.48 bits per heavy atom. The number of halogens is 3. The number of carbonyl (C=O) groups excluding carboxylic acids is 1. The number of hydrogen-bond donors (Lipinski definition) is 0.